The Labute approximate surface area is 194 Å². The molecule has 2 fully saturated rings. The van der Waals surface area contributed by atoms with E-state index in [-0.39, 0.29) is 0 Å². The van der Waals surface area contributed by atoms with Crippen LogP contribution in [-0.4, -0.2) is 49.6 Å². The Kier molecular flexibility index (Phi) is 6.90. The molecule has 2 heteroatoms. The molecule has 2 aromatic carbocycles. The molecule has 1 atom stereocenters. The monoisotopic (exact) mass is 426 g/mol. The van der Waals surface area contributed by atoms with Crippen molar-refractivity contribution in [3.63, 3.8) is 0 Å². The second-order valence-electron chi connectivity index (χ2n) is 10.1. The van der Waals surface area contributed by atoms with Gasteiger partial charge in [0.15, 0.2) is 0 Å². The molecule has 32 heavy (non-hydrogen) atoms. The van der Waals surface area contributed by atoms with Gasteiger partial charge in [0.2, 0.25) is 0 Å². The van der Waals surface area contributed by atoms with E-state index in [4.69, 9.17) is 0 Å². The molecule has 0 radical (unpaired) electrons. The van der Waals surface area contributed by atoms with E-state index in [2.05, 4.69) is 77.5 Å². The van der Waals surface area contributed by atoms with Crippen LogP contribution in [0.15, 0.2) is 54.1 Å². The van der Waals surface area contributed by atoms with Crippen molar-refractivity contribution in [3.8, 4) is 0 Å². The van der Waals surface area contributed by atoms with Gasteiger partial charge >= 0.3 is 0 Å². The summed E-state index contributed by atoms with van der Waals surface area (Å²) in [4.78, 5) is 5.23. The largest absolute Gasteiger partial charge is 0.306 e. The molecular formula is C30H38N2. The van der Waals surface area contributed by atoms with Gasteiger partial charge in [-0.05, 0) is 92.4 Å². The lowest BCUT2D eigenvalue weighted by molar-refractivity contribution is 0.194. The number of rotatable bonds is 5. The van der Waals surface area contributed by atoms with Crippen LogP contribution < -0.4 is 0 Å². The Balaban J connectivity index is 1.23. The Bertz CT molecular complexity index is 924. The lowest BCUT2D eigenvalue weighted by Crippen LogP contribution is -2.33. The standard InChI is InChI=1S/C30H38N2/c1-31-19-8-10-24(23-31)9-6-7-20-32-21-17-27(18-22-32)30-28-13-4-2-11-25(28)15-16-26-12-3-5-14-29(26)30/h2-5,11-16,24H,6-10,17-23H2,1H3. The normalized spacial score (nSPS) is 21.8. The maximum Gasteiger partial charge on any atom is 0.00190 e. The highest BCUT2D eigenvalue weighted by molar-refractivity contribution is 5.94. The summed E-state index contributed by atoms with van der Waals surface area (Å²) >= 11 is 0. The quantitative estimate of drug-likeness (QED) is 0.425. The first kappa shape index (κ1) is 21.7. The van der Waals surface area contributed by atoms with Gasteiger partial charge < -0.3 is 9.80 Å². The molecule has 0 amide bonds. The smallest absolute Gasteiger partial charge is 0.00190 e. The Morgan fingerprint density at radius 1 is 0.812 bits per heavy atom. The first-order valence-electron chi connectivity index (χ1n) is 12.8. The summed E-state index contributed by atoms with van der Waals surface area (Å²) in [5.41, 5.74) is 8.67. The van der Waals surface area contributed by atoms with Crippen molar-refractivity contribution in [1.82, 2.24) is 9.80 Å². The fourth-order valence-corrected chi connectivity index (χ4v) is 6.02. The van der Waals surface area contributed by atoms with Gasteiger partial charge in [-0.1, -0.05) is 72.7 Å². The van der Waals surface area contributed by atoms with Crippen LogP contribution >= 0.6 is 0 Å². The lowest BCUT2D eigenvalue weighted by atomic mass is 9.86. The second kappa shape index (κ2) is 10.2. The van der Waals surface area contributed by atoms with Crippen molar-refractivity contribution in [2.24, 2.45) is 5.92 Å². The molecule has 0 N–H and O–H groups in total. The van der Waals surface area contributed by atoms with E-state index >= 15 is 0 Å². The average molecular weight is 427 g/mol. The molecule has 5 rings (SSSR count). The van der Waals surface area contributed by atoms with Crippen LogP contribution in [0.2, 0.25) is 0 Å². The van der Waals surface area contributed by atoms with Crippen molar-refractivity contribution in [3.05, 3.63) is 76.4 Å². The number of benzene rings is 2. The van der Waals surface area contributed by atoms with Crippen molar-refractivity contribution in [2.45, 2.75) is 44.9 Å². The van der Waals surface area contributed by atoms with Gasteiger partial charge in [0.05, 0.1) is 0 Å². The highest BCUT2D eigenvalue weighted by Crippen LogP contribution is 2.38. The molecule has 2 nitrogen and oxygen atoms in total. The van der Waals surface area contributed by atoms with E-state index in [9.17, 15) is 0 Å². The molecule has 1 aliphatic carbocycles. The number of fused-ring (bicyclic) bond motifs is 2. The third-order valence-electron chi connectivity index (χ3n) is 7.77. The lowest BCUT2D eigenvalue weighted by Gasteiger charge is -2.31. The van der Waals surface area contributed by atoms with Crippen LogP contribution in [0, 0.1) is 5.92 Å². The van der Waals surface area contributed by atoms with E-state index < -0.39 is 0 Å². The molecule has 3 aliphatic rings. The molecule has 1 unspecified atom stereocenters. The molecule has 168 valence electrons. The minimum atomic E-state index is 0.940. The van der Waals surface area contributed by atoms with Gasteiger partial charge in [-0.2, -0.15) is 0 Å². The van der Waals surface area contributed by atoms with Crippen LogP contribution in [0.4, 0.5) is 0 Å². The van der Waals surface area contributed by atoms with Gasteiger partial charge in [0.1, 0.15) is 0 Å². The van der Waals surface area contributed by atoms with Gasteiger partial charge in [-0.15, -0.1) is 0 Å². The molecular weight excluding hydrogens is 388 g/mol. The summed E-state index contributed by atoms with van der Waals surface area (Å²) in [6, 6.07) is 17.9. The van der Waals surface area contributed by atoms with Crippen molar-refractivity contribution in [1.29, 1.82) is 0 Å². The van der Waals surface area contributed by atoms with Gasteiger partial charge in [0, 0.05) is 19.6 Å². The molecule has 2 aromatic rings. The van der Waals surface area contributed by atoms with Crippen LogP contribution in [0.1, 0.15) is 67.2 Å². The fourth-order valence-electron chi connectivity index (χ4n) is 6.02. The van der Waals surface area contributed by atoms with Crippen LogP contribution in [-0.2, 0) is 0 Å². The summed E-state index contributed by atoms with van der Waals surface area (Å²) in [5.74, 6) is 0.940. The number of likely N-dealkylation sites (tertiary alicyclic amines) is 2. The molecule has 2 saturated heterocycles. The second-order valence-corrected chi connectivity index (χ2v) is 10.1. The number of hydrogen-bond acceptors (Lipinski definition) is 2. The molecule has 0 bridgehead atoms. The summed E-state index contributed by atoms with van der Waals surface area (Å²) in [6.45, 7) is 6.32. The fraction of sp³-hybridized carbons (Fsp3) is 0.467. The van der Waals surface area contributed by atoms with E-state index in [1.54, 1.807) is 5.57 Å². The predicted molar refractivity (Wildman–Crippen MR) is 138 cm³/mol. The Hall–Kier alpha value is -2.16. The molecule has 2 heterocycles. The van der Waals surface area contributed by atoms with E-state index in [1.165, 1.54) is 105 Å². The number of unbranched alkanes of at least 4 members (excludes halogenated alkanes) is 1. The number of nitrogens with zero attached hydrogens (tertiary/aromatic N) is 2. The van der Waals surface area contributed by atoms with E-state index in [1.807, 2.05) is 0 Å². The van der Waals surface area contributed by atoms with Gasteiger partial charge in [0.25, 0.3) is 0 Å². The molecule has 0 saturated carbocycles. The summed E-state index contributed by atoms with van der Waals surface area (Å²) in [5, 5.41) is 0. The Morgan fingerprint density at radius 2 is 1.47 bits per heavy atom. The van der Waals surface area contributed by atoms with Crippen molar-refractivity contribution in [2.75, 3.05) is 39.8 Å². The molecule has 0 aromatic heterocycles. The zero-order chi connectivity index (χ0) is 21.8. The van der Waals surface area contributed by atoms with Crippen molar-refractivity contribution >= 4 is 17.7 Å². The summed E-state index contributed by atoms with van der Waals surface area (Å²) in [7, 11) is 2.28. The molecule has 0 spiro atoms. The zero-order valence-electron chi connectivity index (χ0n) is 19.7. The average Bonchev–Trinajstić information content (AvgIpc) is 2.99. The minimum Gasteiger partial charge on any atom is -0.306 e. The van der Waals surface area contributed by atoms with Gasteiger partial charge in [-0.3, -0.25) is 0 Å². The highest BCUT2D eigenvalue weighted by atomic mass is 15.1. The SMILES string of the molecule is CN1CCCC(CCCCN2CCC(=C3c4ccccc4C=Cc4ccccc43)CC2)C1. The highest BCUT2D eigenvalue weighted by Gasteiger charge is 2.22. The third kappa shape index (κ3) is 4.92. The Morgan fingerprint density at radius 3 is 2.12 bits per heavy atom. The maximum absolute atomic E-state index is 2.71. The van der Waals surface area contributed by atoms with Gasteiger partial charge in [-0.25, -0.2) is 0 Å². The zero-order valence-corrected chi connectivity index (χ0v) is 19.7. The summed E-state index contributed by atoms with van der Waals surface area (Å²) < 4.78 is 0. The first-order valence-corrected chi connectivity index (χ1v) is 12.8. The van der Waals surface area contributed by atoms with E-state index in [0.717, 1.165) is 5.92 Å². The van der Waals surface area contributed by atoms with Crippen molar-refractivity contribution < 1.29 is 0 Å². The summed E-state index contributed by atoms with van der Waals surface area (Å²) in [6.07, 6.45) is 14.0. The maximum atomic E-state index is 2.71. The molecule has 2 aliphatic heterocycles. The van der Waals surface area contributed by atoms with Crippen LogP contribution in [0.5, 0.6) is 0 Å². The first-order chi connectivity index (χ1) is 15.8. The number of piperidine rings is 2. The topological polar surface area (TPSA) is 6.48 Å². The van der Waals surface area contributed by atoms with Crippen LogP contribution in [0.25, 0.3) is 17.7 Å². The third-order valence-corrected chi connectivity index (χ3v) is 7.77. The number of hydrogen-bond donors (Lipinski definition) is 0. The minimum absolute atomic E-state index is 0.940. The predicted octanol–water partition coefficient (Wildman–Crippen LogP) is 6.58. The van der Waals surface area contributed by atoms with E-state index in [0.29, 0.717) is 0 Å². The van der Waals surface area contributed by atoms with Crippen LogP contribution in [0.3, 0.4) is 0 Å².